The number of azo groups is 1. The van der Waals surface area contributed by atoms with Gasteiger partial charge in [0, 0.05) is 31.6 Å². The third-order valence-corrected chi connectivity index (χ3v) is 6.61. The summed E-state index contributed by atoms with van der Waals surface area (Å²) in [7, 11) is 3.40. The van der Waals surface area contributed by atoms with Crippen LogP contribution in [0.3, 0.4) is 0 Å². The van der Waals surface area contributed by atoms with E-state index < -0.39 is 0 Å². The predicted octanol–water partition coefficient (Wildman–Crippen LogP) is 4.60. The quantitative estimate of drug-likeness (QED) is 0.165. The second-order valence-corrected chi connectivity index (χ2v) is 8.60. The molecule has 2 heterocycles. The number of aromatic nitrogens is 3. The molecule has 0 bridgehead atoms. The first-order chi connectivity index (χ1) is 16.1. The van der Waals surface area contributed by atoms with Gasteiger partial charge in [0.2, 0.25) is 0 Å². The molecule has 33 heavy (non-hydrogen) atoms. The number of nitrogens with two attached hydrogens (primary N) is 1. The molecule has 5 rings (SSSR count). The molecule has 1 aliphatic rings. The lowest BCUT2D eigenvalue weighted by Gasteiger charge is -2.19. The Morgan fingerprint density at radius 1 is 1.06 bits per heavy atom. The Morgan fingerprint density at radius 2 is 1.85 bits per heavy atom. The van der Waals surface area contributed by atoms with E-state index in [-0.39, 0.29) is 5.56 Å². The van der Waals surface area contributed by atoms with Crippen LogP contribution in [0.4, 0.5) is 0 Å². The average molecular weight is 442 g/mol. The summed E-state index contributed by atoms with van der Waals surface area (Å²) in [5.41, 5.74) is 5.40. The molecule has 0 aliphatic heterocycles. The van der Waals surface area contributed by atoms with Crippen LogP contribution in [-0.4, -0.2) is 27.1 Å². The van der Waals surface area contributed by atoms with E-state index in [2.05, 4.69) is 21.4 Å². The summed E-state index contributed by atoms with van der Waals surface area (Å²) in [6, 6.07) is 15.8. The van der Waals surface area contributed by atoms with Crippen LogP contribution in [0, 0.1) is 0 Å². The van der Waals surface area contributed by atoms with Gasteiger partial charge in [-0.3, -0.25) is 9.36 Å². The summed E-state index contributed by atoms with van der Waals surface area (Å²) in [5.74, 6) is 6.32. The number of hydrazone groups is 1. The lowest BCUT2D eigenvalue weighted by molar-refractivity contribution is 0.435. The first-order valence-electron chi connectivity index (χ1n) is 11.3. The smallest absolute Gasteiger partial charge is 0.261 e. The van der Waals surface area contributed by atoms with Gasteiger partial charge in [-0.1, -0.05) is 43.5 Å². The highest BCUT2D eigenvalue weighted by molar-refractivity contribution is 6.00. The Balaban J connectivity index is 1.67. The molecule has 168 valence electrons. The van der Waals surface area contributed by atoms with Gasteiger partial charge in [-0.15, -0.1) is 5.11 Å². The Bertz CT molecular complexity index is 1460. The maximum atomic E-state index is 13.1. The Kier molecular flexibility index (Phi) is 5.50. The number of amidine groups is 1. The molecule has 2 aromatic carbocycles. The Morgan fingerprint density at radius 3 is 2.61 bits per heavy atom. The molecule has 0 unspecified atom stereocenters. The molecule has 1 fully saturated rings. The normalized spacial score (nSPS) is 15.8. The molecule has 1 saturated carbocycles. The van der Waals surface area contributed by atoms with Crippen LogP contribution < -0.4 is 11.4 Å². The van der Waals surface area contributed by atoms with Crippen molar-refractivity contribution in [2.45, 2.75) is 38.0 Å². The maximum Gasteiger partial charge on any atom is 0.261 e. The fourth-order valence-corrected chi connectivity index (χ4v) is 4.85. The second-order valence-electron chi connectivity index (χ2n) is 8.60. The van der Waals surface area contributed by atoms with E-state index in [1.165, 1.54) is 19.3 Å². The molecule has 0 saturated heterocycles. The fraction of sp³-hybridized carbons (Fsp3) is 0.320. The van der Waals surface area contributed by atoms with E-state index in [0.29, 0.717) is 17.1 Å². The van der Waals surface area contributed by atoms with Gasteiger partial charge in [-0.05, 0) is 42.2 Å². The summed E-state index contributed by atoms with van der Waals surface area (Å²) in [5, 5.41) is 17.1. The summed E-state index contributed by atoms with van der Waals surface area (Å²) in [6.45, 7) is 0. The molecule has 0 spiro atoms. The molecule has 1 aliphatic carbocycles. The maximum absolute atomic E-state index is 13.1. The zero-order chi connectivity index (χ0) is 22.9. The standard InChI is InChI=1S/C25H27N7O/c1-27-29-24(28-26)19-10-6-9-17(13-19)18-11-12-20-22(14-18)32-23(31(2)25(20)33)15-21(30-32)16-7-4-3-5-8-16/h6,9-16H,3-5,7-8,26H2,1-2H3. The van der Waals surface area contributed by atoms with Crippen molar-refractivity contribution >= 4 is 22.4 Å². The third kappa shape index (κ3) is 3.71. The van der Waals surface area contributed by atoms with Gasteiger partial charge >= 0.3 is 0 Å². The van der Waals surface area contributed by atoms with E-state index in [9.17, 15) is 4.79 Å². The Hall–Kier alpha value is -3.81. The largest absolute Gasteiger partial charge is 0.321 e. The molecule has 2 aromatic heterocycles. The number of aryl methyl sites for hydroxylation is 1. The lowest BCUT2D eigenvalue weighted by Crippen LogP contribution is -2.19. The minimum absolute atomic E-state index is 0.0196. The van der Waals surface area contributed by atoms with Gasteiger partial charge in [-0.2, -0.15) is 15.3 Å². The van der Waals surface area contributed by atoms with Gasteiger partial charge in [0.05, 0.1) is 16.6 Å². The fourth-order valence-electron chi connectivity index (χ4n) is 4.85. The highest BCUT2D eigenvalue weighted by atomic mass is 16.1. The van der Waals surface area contributed by atoms with Gasteiger partial charge in [-0.25, -0.2) is 4.52 Å². The van der Waals surface area contributed by atoms with Crippen molar-refractivity contribution in [3.8, 4) is 11.1 Å². The zero-order valence-electron chi connectivity index (χ0n) is 18.9. The third-order valence-electron chi connectivity index (χ3n) is 6.61. The highest BCUT2D eigenvalue weighted by Gasteiger charge is 2.21. The monoisotopic (exact) mass is 441 g/mol. The van der Waals surface area contributed by atoms with Crippen LogP contribution in [0.5, 0.6) is 0 Å². The molecule has 0 atom stereocenters. The van der Waals surface area contributed by atoms with Crippen LogP contribution in [0.25, 0.3) is 27.7 Å². The van der Waals surface area contributed by atoms with Crippen LogP contribution in [0.2, 0.25) is 0 Å². The summed E-state index contributed by atoms with van der Waals surface area (Å²) in [4.78, 5) is 13.1. The highest BCUT2D eigenvalue weighted by Crippen LogP contribution is 2.33. The van der Waals surface area contributed by atoms with Crippen LogP contribution in [0.15, 0.2) is 68.7 Å². The van der Waals surface area contributed by atoms with Crippen molar-refractivity contribution in [1.29, 1.82) is 0 Å². The van der Waals surface area contributed by atoms with Gasteiger partial charge in [0.15, 0.2) is 5.84 Å². The average Bonchev–Trinajstić information content (AvgIpc) is 3.32. The van der Waals surface area contributed by atoms with E-state index in [1.54, 1.807) is 11.6 Å². The minimum atomic E-state index is -0.0196. The van der Waals surface area contributed by atoms with Crippen LogP contribution in [-0.2, 0) is 7.05 Å². The molecule has 0 amide bonds. The number of hydrogen-bond donors (Lipinski definition) is 1. The molecule has 8 nitrogen and oxygen atoms in total. The molecular formula is C25H27N7O. The van der Waals surface area contributed by atoms with Crippen molar-refractivity contribution in [3.63, 3.8) is 0 Å². The van der Waals surface area contributed by atoms with E-state index in [4.69, 9.17) is 10.9 Å². The summed E-state index contributed by atoms with van der Waals surface area (Å²) in [6.07, 6.45) is 6.10. The van der Waals surface area contributed by atoms with Crippen molar-refractivity contribution < 1.29 is 0 Å². The number of nitrogens with zero attached hydrogens (tertiary/aromatic N) is 6. The summed E-state index contributed by atoms with van der Waals surface area (Å²) >= 11 is 0. The Labute approximate surface area is 191 Å². The second kappa shape index (κ2) is 8.61. The molecule has 4 aromatic rings. The topological polar surface area (TPSA) is 102 Å². The van der Waals surface area contributed by atoms with E-state index in [0.717, 1.165) is 46.4 Å². The first kappa shape index (κ1) is 21.1. The number of rotatable bonds is 3. The number of hydrogen-bond acceptors (Lipinski definition) is 5. The van der Waals surface area contributed by atoms with Crippen molar-refractivity contribution in [2.24, 2.45) is 28.2 Å². The van der Waals surface area contributed by atoms with Crippen LogP contribution >= 0.6 is 0 Å². The lowest BCUT2D eigenvalue weighted by atomic mass is 9.87. The number of fused-ring (bicyclic) bond motifs is 3. The van der Waals surface area contributed by atoms with E-state index in [1.807, 2.05) is 54.0 Å². The van der Waals surface area contributed by atoms with Gasteiger partial charge < -0.3 is 5.84 Å². The van der Waals surface area contributed by atoms with Gasteiger partial charge in [0.25, 0.3) is 5.56 Å². The molecule has 0 radical (unpaired) electrons. The SMILES string of the molecule is CN=NC(=NN)c1cccc(-c2ccc3c(=O)n(C)c4cc(C5CCCCC5)nn4c3c2)c1. The van der Waals surface area contributed by atoms with Crippen molar-refractivity contribution in [2.75, 3.05) is 7.05 Å². The van der Waals surface area contributed by atoms with Crippen molar-refractivity contribution in [3.05, 3.63) is 70.1 Å². The van der Waals surface area contributed by atoms with E-state index >= 15 is 0 Å². The molecule has 8 heteroatoms. The van der Waals surface area contributed by atoms with Gasteiger partial charge in [0.1, 0.15) is 5.65 Å². The summed E-state index contributed by atoms with van der Waals surface area (Å²) < 4.78 is 3.62. The molecular weight excluding hydrogens is 414 g/mol. The molecule has 2 N–H and O–H groups in total. The van der Waals surface area contributed by atoms with Crippen molar-refractivity contribution in [1.82, 2.24) is 14.2 Å². The minimum Gasteiger partial charge on any atom is -0.321 e. The predicted molar refractivity (Wildman–Crippen MR) is 131 cm³/mol. The number of benzene rings is 2. The first-order valence-corrected chi connectivity index (χ1v) is 11.3. The van der Waals surface area contributed by atoms with Crippen LogP contribution in [0.1, 0.15) is 49.3 Å². The zero-order valence-corrected chi connectivity index (χ0v) is 18.9.